The van der Waals surface area contributed by atoms with Crippen LogP contribution in [0.2, 0.25) is 5.02 Å². The van der Waals surface area contributed by atoms with Crippen LogP contribution in [0.15, 0.2) is 47.3 Å². The standard InChI is InChI=1S/C16H14ClN3O2/c1-9(18)15-19-14-8-12(21)6-7-13(14)16(22)20(15)11-4-2-10(17)3-5-11/h2-9,21H,18H2,1H3. The van der Waals surface area contributed by atoms with Crippen molar-refractivity contribution in [2.75, 3.05) is 0 Å². The van der Waals surface area contributed by atoms with Gasteiger partial charge in [0.2, 0.25) is 0 Å². The molecule has 1 atom stereocenters. The van der Waals surface area contributed by atoms with Crippen LogP contribution in [0.1, 0.15) is 18.8 Å². The van der Waals surface area contributed by atoms with E-state index in [1.807, 2.05) is 0 Å². The Labute approximate surface area is 131 Å². The lowest BCUT2D eigenvalue weighted by Gasteiger charge is -2.16. The molecule has 1 heterocycles. The molecular weight excluding hydrogens is 302 g/mol. The van der Waals surface area contributed by atoms with Gasteiger partial charge in [-0.1, -0.05) is 11.6 Å². The molecule has 5 nitrogen and oxygen atoms in total. The van der Waals surface area contributed by atoms with Crippen molar-refractivity contribution >= 4 is 22.5 Å². The number of hydrogen-bond acceptors (Lipinski definition) is 4. The minimum absolute atomic E-state index is 0.0549. The van der Waals surface area contributed by atoms with E-state index in [1.165, 1.54) is 16.7 Å². The van der Waals surface area contributed by atoms with Gasteiger partial charge in [-0.2, -0.15) is 0 Å². The third-order valence-corrected chi connectivity index (χ3v) is 3.62. The normalized spacial score (nSPS) is 12.5. The minimum Gasteiger partial charge on any atom is -0.508 e. The van der Waals surface area contributed by atoms with Gasteiger partial charge in [0.25, 0.3) is 5.56 Å². The summed E-state index contributed by atoms with van der Waals surface area (Å²) in [6.07, 6.45) is 0. The van der Waals surface area contributed by atoms with Gasteiger partial charge in [0, 0.05) is 11.1 Å². The number of nitrogens with zero attached hydrogens (tertiary/aromatic N) is 2. The van der Waals surface area contributed by atoms with Gasteiger partial charge in [-0.05, 0) is 43.3 Å². The predicted octanol–water partition coefficient (Wildman–Crippen LogP) is 2.76. The molecule has 0 bridgehead atoms. The summed E-state index contributed by atoms with van der Waals surface area (Å²) >= 11 is 5.90. The molecule has 3 rings (SSSR count). The van der Waals surface area contributed by atoms with E-state index in [4.69, 9.17) is 17.3 Å². The largest absolute Gasteiger partial charge is 0.508 e. The first-order chi connectivity index (χ1) is 10.5. The summed E-state index contributed by atoms with van der Waals surface area (Å²) in [5, 5.41) is 10.6. The number of rotatable bonds is 2. The van der Waals surface area contributed by atoms with E-state index in [1.54, 1.807) is 37.3 Å². The van der Waals surface area contributed by atoms with E-state index in [2.05, 4.69) is 4.98 Å². The van der Waals surface area contributed by atoms with Crippen LogP contribution in [0.25, 0.3) is 16.6 Å². The molecule has 22 heavy (non-hydrogen) atoms. The third kappa shape index (κ3) is 2.45. The molecule has 1 aromatic heterocycles. The van der Waals surface area contributed by atoms with Gasteiger partial charge in [0.05, 0.1) is 22.6 Å². The van der Waals surface area contributed by atoms with Crippen LogP contribution in [-0.4, -0.2) is 14.7 Å². The number of aromatic nitrogens is 2. The Hall–Kier alpha value is -2.37. The summed E-state index contributed by atoms with van der Waals surface area (Å²) in [6.45, 7) is 1.75. The van der Waals surface area contributed by atoms with Crippen molar-refractivity contribution in [2.24, 2.45) is 5.73 Å². The van der Waals surface area contributed by atoms with Crippen molar-refractivity contribution in [2.45, 2.75) is 13.0 Å². The number of phenols is 1. The summed E-state index contributed by atoms with van der Waals surface area (Å²) in [5.74, 6) is 0.477. The Kier molecular flexibility index (Phi) is 3.60. The fourth-order valence-electron chi connectivity index (χ4n) is 2.34. The van der Waals surface area contributed by atoms with Gasteiger partial charge in [-0.3, -0.25) is 9.36 Å². The van der Waals surface area contributed by atoms with Crippen molar-refractivity contribution in [3.8, 4) is 11.4 Å². The van der Waals surface area contributed by atoms with Gasteiger partial charge in [-0.15, -0.1) is 0 Å². The smallest absolute Gasteiger partial charge is 0.266 e. The fraction of sp³-hybridized carbons (Fsp3) is 0.125. The number of hydrogen-bond donors (Lipinski definition) is 2. The molecule has 0 aliphatic rings. The first-order valence-electron chi connectivity index (χ1n) is 6.74. The maximum absolute atomic E-state index is 12.8. The third-order valence-electron chi connectivity index (χ3n) is 3.37. The number of halogens is 1. The molecular formula is C16H14ClN3O2. The molecule has 0 saturated carbocycles. The van der Waals surface area contributed by atoms with E-state index in [0.29, 0.717) is 27.4 Å². The summed E-state index contributed by atoms with van der Waals surface area (Å²) in [7, 11) is 0. The highest BCUT2D eigenvalue weighted by Crippen LogP contribution is 2.20. The topological polar surface area (TPSA) is 81.1 Å². The zero-order chi connectivity index (χ0) is 15.9. The second-order valence-corrected chi connectivity index (χ2v) is 5.51. The summed E-state index contributed by atoms with van der Waals surface area (Å²) < 4.78 is 1.47. The highest BCUT2D eigenvalue weighted by atomic mass is 35.5. The predicted molar refractivity (Wildman–Crippen MR) is 86.6 cm³/mol. The Balaban J connectivity index is 2.39. The molecule has 3 aromatic rings. The molecule has 3 N–H and O–H groups in total. The molecule has 0 amide bonds. The van der Waals surface area contributed by atoms with Gasteiger partial charge in [-0.25, -0.2) is 4.98 Å². The Morgan fingerprint density at radius 3 is 2.55 bits per heavy atom. The first-order valence-corrected chi connectivity index (χ1v) is 7.12. The van der Waals surface area contributed by atoms with Crippen LogP contribution >= 0.6 is 11.6 Å². The van der Waals surface area contributed by atoms with E-state index < -0.39 is 6.04 Å². The summed E-state index contributed by atoms with van der Waals surface area (Å²) in [5.41, 5.74) is 6.79. The maximum Gasteiger partial charge on any atom is 0.266 e. The lowest BCUT2D eigenvalue weighted by molar-refractivity contribution is 0.476. The van der Waals surface area contributed by atoms with Crippen molar-refractivity contribution in [3.63, 3.8) is 0 Å². The average molecular weight is 316 g/mol. The number of fused-ring (bicyclic) bond motifs is 1. The quantitative estimate of drug-likeness (QED) is 0.762. The molecule has 0 spiro atoms. The van der Waals surface area contributed by atoms with Crippen molar-refractivity contribution in [3.05, 3.63) is 63.7 Å². The van der Waals surface area contributed by atoms with Gasteiger partial charge in [0.15, 0.2) is 0 Å². The fourth-order valence-corrected chi connectivity index (χ4v) is 2.46. The number of aromatic hydroxyl groups is 1. The molecule has 0 radical (unpaired) electrons. The Morgan fingerprint density at radius 1 is 1.23 bits per heavy atom. The molecule has 1 unspecified atom stereocenters. The average Bonchev–Trinajstić information content (AvgIpc) is 2.48. The van der Waals surface area contributed by atoms with Crippen LogP contribution < -0.4 is 11.3 Å². The van der Waals surface area contributed by atoms with Crippen molar-refractivity contribution < 1.29 is 5.11 Å². The number of phenolic OH excluding ortho intramolecular Hbond substituents is 1. The van der Waals surface area contributed by atoms with Gasteiger partial charge in [0.1, 0.15) is 11.6 Å². The lowest BCUT2D eigenvalue weighted by atomic mass is 10.2. The van der Waals surface area contributed by atoms with E-state index in [0.717, 1.165) is 0 Å². The lowest BCUT2D eigenvalue weighted by Crippen LogP contribution is -2.27. The molecule has 0 aliphatic carbocycles. The molecule has 6 heteroatoms. The van der Waals surface area contributed by atoms with E-state index in [9.17, 15) is 9.90 Å². The molecule has 0 fully saturated rings. The molecule has 2 aromatic carbocycles. The zero-order valence-corrected chi connectivity index (χ0v) is 12.6. The van der Waals surface area contributed by atoms with Gasteiger partial charge < -0.3 is 10.8 Å². The highest BCUT2D eigenvalue weighted by Gasteiger charge is 2.15. The van der Waals surface area contributed by atoms with Crippen molar-refractivity contribution in [1.29, 1.82) is 0 Å². The minimum atomic E-state index is -0.449. The van der Waals surface area contributed by atoms with Crippen LogP contribution in [0.4, 0.5) is 0 Å². The van der Waals surface area contributed by atoms with Crippen LogP contribution in [-0.2, 0) is 0 Å². The Morgan fingerprint density at radius 2 is 1.91 bits per heavy atom. The summed E-state index contributed by atoms with van der Waals surface area (Å²) in [6, 6.07) is 10.9. The molecule has 0 aliphatic heterocycles. The monoisotopic (exact) mass is 315 g/mol. The number of nitrogens with two attached hydrogens (primary N) is 1. The SMILES string of the molecule is CC(N)c1nc2cc(O)ccc2c(=O)n1-c1ccc(Cl)cc1. The molecule has 0 saturated heterocycles. The van der Waals surface area contributed by atoms with E-state index in [-0.39, 0.29) is 11.3 Å². The second-order valence-electron chi connectivity index (χ2n) is 5.08. The van der Waals surface area contributed by atoms with Crippen LogP contribution in [0, 0.1) is 0 Å². The van der Waals surface area contributed by atoms with Gasteiger partial charge >= 0.3 is 0 Å². The second kappa shape index (κ2) is 5.44. The highest BCUT2D eigenvalue weighted by molar-refractivity contribution is 6.30. The van der Waals surface area contributed by atoms with Crippen molar-refractivity contribution in [1.82, 2.24) is 9.55 Å². The first kappa shape index (κ1) is 14.6. The molecule has 112 valence electrons. The summed E-state index contributed by atoms with van der Waals surface area (Å²) in [4.78, 5) is 17.2. The Bertz CT molecular complexity index is 902. The van der Waals surface area contributed by atoms with Crippen LogP contribution in [0.3, 0.4) is 0 Å². The van der Waals surface area contributed by atoms with Crippen LogP contribution in [0.5, 0.6) is 5.75 Å². The van der Waals surface area contributed by atoms with E-state index >= 15 is 0 Å². The maximum atomic E-state index is 12.8. The number of benzene rings is 2. The zero-order valence-electron chi connectivity index (χ0n) is 11.8.